The van der Waals surface area contributed by atoms with Gasteiger partial charge in [0.1, 0.15) is 12.4 Å². The van der Waals surface area contributed by atoms with Gasteiger partial charge in [0.25, 0.3) is 0 Å². The van der Waals surface area contributed by atoms with Crippen LogP contribution < -0.4 is 4.74 Å². The molecule has 0 N–H and O–H groups in total. The van der Waals surface area contributed by atoms with E-state index in [0.717, 1.165) is 44.8 Å². The van der Waals surface area contributed by atoms with Gasteiger partial charge in [-0.25, -0.2) is 0 Å². The van der Waals surface area contributed by atoms with E-state index in [4.69, 9.17) is 4.74 Å². The van der Waals surface area contributed by atoms with Gasteiger partial charge in [0.2, 0.25) is 5.91 Å². The molecule has 0 aliphatic carbocycles. The number of amides is 1. The van der Waals surface area contributed by atoms with Crippen LogP contribution in [0.15, 0.2) is 30.3 Å². The van der Waals surface area contributed by atoms with E-state index >= 15 is 0 Å². The fraction of sp³-hybridized carbons (Fsp3) is 0.650. The van der Waals surface area contributed by atoms with Crippen LogP contribution in [-0.4, -0.2) is 54.5 Å². The fourth-order valence-electron chi connectivity index (χ4n) is 3.35. The summed E-state index contributed by atoms with van der Waals surface area (Å²) in [6.45, 7) is 10.9. The summed E-state index contributed by atoms with van der Waals surface area (Å²) in [5.41, 5.74) is 0. The Labute approximate surface area is 146 Å². The summed E-state index contributed by atoms with van der Waals surface area (Å²) >= 11 is 0. The molecule has 1 fully saturated rings. The molecule has 0 saturated carbocycles. The van der Waals surface area contributed by atoms with E-state index in [1.54, 1.807) is 0 Å². The van der Waals surface area contributed by atoms with Crippen LogP contribution in [0, 0.1) is 5.92 Å². The monoisotopic (exact) mass is 332 g/mol. The number of hydrogen-bond donors (Lipinski definition) is 0. The molecule has 1 aliphatic rings. The maximum atomic E-state index is 12.6. The van der Waals surface area contributed by atoms with Gasteiger partial charge < -0.3 is 14.5 Å². The molecule has 1 atom stereocenters. The van der Waals surface area contributed by atoms with Crippen molar-refractivity contribution in [2.45, 2.75) is 46.1 Å². The standard InChI is InChI=1S/C20H32N2O2/c1-4-11-21-12-10-20(23)22(14-13-21)18(15-17(2)3)16-24-19-8-6-5-7-9-19/h5-9,17-18H,4,10-16H2,1-3H3. The Morgan fingerprint density at radius 3 is 2.54 bits per heavy atom. The number of hydrogen-bond acceptors (Lipinski definition) is 3. The minimum atomic E-state index is 0.152. The van der Waals surface area contributed by atoms with Crippen molar-refractivity contribution >= 4 is 5.91 Å². The number of ether oxygens (including phenoxy) is 1. The molecule has 1 heterocycles. The van der Waals surface area contributed by atoms with Crippen LogP contribution in [0.1, 0.15) is 40.0 Å². The molecule has 4 nitrogen and oxygen atoms in total. The van der Waals surface area contributed by atoms with Gasteiger partial charge >= 0.3 is 0 Å². The van der Waals surface area contributed by atoms with Crippen molar-refractivity contribution in [3.63, 3.8) is 0 Å². The second-order valence-electron chi connectivity index (χ2n) is 7.09. The zero-order valence-corrected chi connectivity index (χ0v) is 15.4. The van der Waals surface area contributed by atoms with Crippen molar-refractivity contribution < 1.29 is 9.53 Å². The van der Waals surface area contributed by atoms with E-state index in [0.29, 0.717) is 18.9 Å². The Bertz CT molecular complexity index is 490. The molecular formula is C20H32N2O2. The lowest BCUT2D eigenvalue weighted by atomic mass is 10.0. The molecule has 1 aromatic carbocycles. The van der Waals surface area contributed by atoms with Crippen molar-refractivity contribution in [1.29, 1.82) is 0 Å². The summed E-state index contributed by atoms with van der Waals surface area (Å²) in [5.74, 6) is 1.69. The molecule has 2 rings (SSSR count). The van der Waals surface area contributed by atoms with Gasteiger partial charge in [0, 0.05) is 26.1 Å². The van der Waals surface area contributed by atoms with E-state index in [1.807, 2.05) is 30.3 Å². The number of para-hydroxylation sites is 1. The van der Waals surface area contributed by atoms with Crippen LogP contribution in [0.4, 0.5) is 0 Å². The molecule has 24 heavy (non-hydrogen) atoms. The predicted molar refractivity (Wildman–Crippen MR) is 98.2 cm³/mol. The largest absolute Gasteiger partial charge is 0.491 e. The van der Waals surface area contributed by atoms with E-state index in [1.165, 1.54) is 0 Å². The first kappa shape index (κ1) is 18.8. The molecule has 1 aliphatic heterocycles. The maximum absolute atomic E-state index is 12.6. The van der Waals surface area contributed by atoms with Gasteiger partial charge in [-0.3, -0.25) is 4.79 Å². The first-order valence-corrected chi connectivity index (χ1v) is 9.29. The molecule has 0 bridgehead atoms. The van der Waals surface area contributed by atoms with Crippen molar-refractivity contribution in [3.05, 3.63) is 30.3 Å². The zero-order chi connectivity index (χ0) is 17.4. The molecular weight excluding hydrogens is 300 g/mol. The average Bonchev–Trinajstić information content (AvgIpc) is 2.75. The Morgan fingerprint density at radius 1 is 1.12 bits per heavy atom. The van der Waals surface area contributed by atoms with Crippen LogP contribution in [0.25, 0.3) is 0 Å². The zero-order valence-electron chi connectivity index (χ0n) is 15.4. The lowest BCUT2D eigenvalue weighted by Gasteiger charge is -2.32. The lowest BCUT2D eigenvalue weighted by Crippen LogP contribution is -2.45. The normalized spacial score (nSPS) is 17.8. The minimum absolute atomic E-state index is 0.152. The first-order valence-electron chi connectivity index (χ1n) is 9.29. The van der Waals surface area contributed by atoms with Gasteiger partial charge in [-0.05, 0) is 37.4 Å². The van der Waals surface area contributed by atoms with Crippen molar-refractivity contribution in [2.24, 2.45) is 5.92 Å². The van der Waals surface area contributed by atoms with Gasteiger partial charge in [0.05, 0.1) is 6.04 Å². The topological polar surface area (TPSA) is 32.8 Å². The van der Waals surface area contributed by atoms with Gasteiger partial charge in [-0.1, -0.05) is 39.0 Å². The summed E-state index contributed by atoms with van der Waals surface area (Å²) in [4.78, 5) is 17.1. The third-order valence-corrected chi connectivity index (χ3v) is 4.53. The van der Waals surface area contributed by atoms with Crippen LogP contribution in [0.5, 0.6) is 5.75 Å². The van der Waals surface area contributed by atoms with Crippen LogP contribution in [0.3, 0.4) is 0 Å². The predicted octanol–water partition coefficient (Wildman–Crippen LogP) is 3.42. The molecule has 1 unspecified atom stereocenters. The van der Waals surface area contributed by atoms with E-state index < -0.39 is 0 Å². The highest BCUT2D eigenvalue weighted by Gasteiger charge is 2.28. The molecule has 1 amide bonds. The molecule has 0 radical (unpaired) electrons. The van der Waals surface area contributed by atoms with Gasteiger partial charge in [-0.15, -0.1) is 0 Å². The van der Waals surface area contributed by atoms with Crippen molar-refractivity contribution in [2.75, 3.05) is 32.8 Å². The minimum Gasteiger partial charge on any atom is -0.491 e. The Morgan fingerprint density at radius 2 is 1.88 bits per heavy atom. The lowest BCUT2D eigenvalue weighted by molar-refractivity contribution is -0.133. The Kier molecular flexibility index (Phi) is 7.57. The molecule has 1 aromatic rings. The van der Waals surface area contributed by atoms with E-state index in [-0.39, 0.29) is 11.9 Å². The molecule has 0 aromatic heterocycles. The van der Waals surface area contributed by atoms with Crippen molar-refractivity contribution in [1.82, 2.24) is 9.80 Å². The second-order valence-corrected chi connectivity index (χ2v) is 7.09. The van der Waals surface area contributed by atoms with Crippen molar-refractivity contribution in [3.8, 4) is 5.75 Å². The number of nitrogens with zero attached hydrogens (tertiary/aromatic N) is 2. The highest BCUT2D eigenvalue weighted by molar-refractivity contribution is 5.77. The SMILES string of the molecule is CCCN1CCC(=O)N(C(COc2ccccc2)CC(C)C)CC1. The first-order chi connectivity index (χ1) is 11.6. The summed E-state index contributed by atoms with van der Waals surface area (Å²) in [6, 6.07) is 10.0. The highest BCUT2D eigenvalue weighted by atomic mass is 16.5. The molecule has 1 saturated heterocycles. The molecule has 4 heteroatoms. The van der Waals surface area contributed by atoms with Gasteiger partial charge in [0.15, 0.2) is 0 Å². The third kappa shape index (κ3) is 5.82. The number of carbonyl (C=O) groups is 1. The van der Waals surface area contributed by atoms with Crippen LogP contribution in [0.2, 0.25) is 0 Å². The average molecular weight is 332 g/mol. The molecule has 0 spiro atoms. The smallest absolute Gasteiger partial charge is 0.224 e. The highest BCUT2D eigenvalue weighted by Crippen LogP contribution is 2.18. The fourth-order valence-corrected chi connectivity index (χ4v) is 3.35. The summed E-state index contributed by atoms with van der Waals surface area (Å²) in [6.07, 6.45) is 2.74. The summed E-state index contributed by atoms with van der Waals surface area (Å²) in [5, 5.41) is 0. The van der Waals surface area contributed by atoms with Gasteiger partial charge in [-0.2, -0.15) is 0 Å². The van der Waals surface area contributed by atoms with Crippen LogP contribution in [-0.2, 0) is 4.79 Å². The number of carbonyl (C=O) groups excluding carboxylic acids is 1. The number of rotatable bonds is 8. The Hall–Kier alpha value is -1.55. The maximum Gasteiger partial charge on any atom is 0.224 e. The molecule has 134 valence electrons. The van der Waals surface area contributed by atoms with Crippen LogP contribution >= 0.6 is 0 Å². The third-order valence-electron chi connectivity index (χ3n) is 4.53. The Balaban J connectivity index is 2.01. The van der Waals surface area contributed by atoms with E-state index in [2.05, 4.69) is 30.6 Å². The number of benzene rings is 1. The van der Waals surface area contributed by atoms with E-state index in [9.17, 15) is 4.79 Å². The second kappa shape index (κ2) is 9.67. The quantitative estimate of drug-likeness (QED) is 0.731. The summed E-state index contributed by atoms with van der Waals surface area (Å²) < 4.78 is 5.98. The summed E-state index contributed by atoms with van der Waals surface area (Å²) in [7, 11) is 0.